The van der Waals surface area contributed by atoms with E-state index in [1.807, 2.05) is 11.0 Å². The largest absolute Gasteiger partial charge is 0.324 e. The first kappa shape index (κ1) is 23.3. The van der Waals surface area contributed by atoms with Gasteiger partial charge in [0.25, 0.3) is 5.56 Å². The molecule has 8 heteroatoms. The predicted octanol–water partition coefficient (Wildman–Crippen LogP) is 4.22. The highest BCUT2D eigenvalue weighted by Crippen LogP contribution is 2.36. The van der Waals surface area contributed by atoms with Crippen LogP contribution in [-0.4, -0.2) is 40.3 Å². The summed E-state index contributed by atoms with van der Waals surface area (Å²) in [6, 6.07) is 10.4. The highest BCUT2D eigenvalue weighted by molar-refractivity contribution is 5.95. The van der Waals surface area contributed by atoms with Crippen LogP contribution in [-0.2, 0) is 11.3 Å². The van der Waals surface area contributed by atoms with Crippen LogP contribution in [0.4, 0.5) is 16.2 Å². The Bertz CT molecular complexity index is 1200. The standard InChI is InChI=1S/C27H32N4O4/c1-17(32)19-7-9-22(10-8-19)28-27(35)30-14-18-13-21(16-30)24-12-11-23(26(34)31(24)15-18)29-25(33)20-5-3-2-4-6-20/h7-12,18,20-21H,2-6,13-16H2,1H3,(H,28,35)(H,29,33). The van der Waals surface area contributed by atoms with Crippen molar-refractivity contribution in [2.75, 3.05) is 23.7 Å². The van der Waals surface area contributed by atoms with E-state index >= 15 is 0 Å². The second-order valence-corrected chi connectivity index (χ2v) is 10.2. The molecule has 2 unspecified atom stereocenters. The molecule has 2 fully saturated rings. The summed E-state index contributed by atoms with van der Waals surface area (Å²) in [7, 11) is 0. The highest BCUT2D eigenvalue weighted by atomic mass is 16.2. The topological polar surface area (TPSA) is 101 Å². The maximum Gasteiger partial charge on any atom is 0.321 e. The van der Waals surface area contributed by atoms with Crippen LogP contribution in [0.15, 0.2) is 41.2 Å². The number of fused-ring (bicyclic) bond motifs is 4. The maximum absolute atomic E-state index is 13.2. The van der Waals surface area contributed by atoms with Crippen LogP contribution in [0.1, 0.15) is 67.4 Å². The van der Waals surface area contributed by atoms with Crippen molar-refractivity contribution in [2.24, 2.45) is 11.8 Å². The molecular weight excluding hydrogens is 444 g/mol. The predicted molar refractivity (Wildman–Crippen MR) is 134 cm³/mol. The molecule has 1 saturated heterocycles. The first-order valence-electron chi connectivity index (χ1n) is 12.6. The molecule has 8 nitrogen and oxygen atoms in total. The van der Waals surface area contributed by atoms with Gasteiger partial charge in [-0.05, 0) is 68.5 Å². The van der Waals surface area contributed by atoms with Crippen LogP contribution in [0, 0.1) is 11.8 Å². The van der Waals surface area contributed by atoms with Crippen LogP contribution < -0.4 is 16.2 Å². The zero-order valence-corrected chi connectivity index (χ0v) is 20.1. The molecule has 2 aliphatic heterocycles. The third-order valence-corrected chi connectivity index (χ3v) is 7.67. The molecule has 35 heavy (non-hydrogen) atoms. The van der Waals surface area contributed by atoms with E-state index in [1.54, 1.807) is 34.9 Å². The average Bonchev–Trinajstić information content (AvgIpc) is 2.86. The Morgan fingerprint density at radius 2 is 1.63 bits per heavy atom. The molecule has 3 heterocycles. The summed E-state index contributed by atoms with van der Waals surface area (Å²) in [5, 5.41) is 5.82. The molecule has 0 radical (unpaired) electrons. The van der Waals surface area contributed by atoms with Gasteiger partial charge in [-0.2, -0.15) is 0 Å². The summed E-state index contributed by atoms with van der Waals surface area (Å²) in [5.41, 5.74) is 2.38. The minimum absolute atomic E-state index is 0.00528. The maximum atomic E-state index is 13.2. The number of amides is 3. The highest BCUT2D eigenvalue weighted by Gasteiger charge is 2.37. The number of likely N-dealkylation sites (tertiary alicyclic amines) is 1. The number of piperidine rings is 1. The molecule has 2 atom stereocenters. The number of anilines is 2. The lowest BCUT2D eigenvalue weighted by Crippen LogP contribution is -2.50. The number of nitrogens with zero attached hydrogens (tertiary/aromatic N) is 2. The van der Waals surface area contributed by atoms with Crippen LogP contribution >= 0.6 is 0 Å². The third-order valence-electron chi connectivity index (χ3n) is 7.67. The number of hydrogen-bond donors (Lipinski definition) is 2. The second kappa shape index (κ2) is 9.68. The lowest BCUT2D eigenvalue weighted by Gasteiger charge is -2.42. The van der Waals surface area contributed by atoms with Crippen molar-refractivity contribution in [3.63, 3.8) is 0 Å². The van der Waals surface area contributed by atoms with Gasteiger partial charge in [0.05, 0.1) is 0 Å². The van der Waals surface area contributed by atoms with E-state index in [0.717, 1.165) is 37.8 Å². The second-order valence-electron chi connectivity index (χ2n) is 10.2. The Labute approximate surface area is 204 Å². The SMILES string of the molecule is CC(=O)c1ccc(NC(=O)N2CC3CC(C2)c2ccc(NC(=O)C4CCCCC4)c(=O)n2C3)cc1. The zero-order valence-electron chi connectivity index (χ0n) is 20.1. The zero-order chi connectivity index (χ0) is 24.5. The third kappa shape index (κ3) is 4.88. The molecule has 1 saturated carbocycles. The van der Waals surface area contributed by atoms with Crippen LogP contribution in [0.5, 0.6) is 0 Å². The minimum atomic E-state index is -0.178. The van der Waals surface area contributed by atoms with Gasteiger partial charge in [-0.25, -0.2) is 4.79 Å². The summed E-state index contributed by atoms with van der Waals surface area (Å²) >= 11 is 0. The quantitative estimate of drug-likeness (QED) is 0.645. The van der Waals surface area contributed by atoms with Crippen molar-refractivity contribution in [2.45, 2.75) is 57.9 Å². The van der Waals surface area contributed by atoms with Crippen LogP contribution in [0.25, 0.3) is 0 Å². The Kier molecular flexibility index (Phi) is 6.45. The average molecular weight is 477 g/mol. The molecule has 2 N–H and O–H groups in total. The molecule has 3 amide bonds. The van der Waals surface area contributed by atoms with E-state index in [9.17, 15) is 19.2 Å². The van der Waals surface area contributed by atoms with E-state index in [1.165, 1.54) is 13.3 Å². The fourth-order valence-electron chi connectivity index (χ4n) is 5.80. The van der Waals surface area contributed by atoms with Gasteiger partial charge < -0.3 is 20.1 Å². The molecule has 3 aliphatic rings. The van der Waals surface area contributed by atoms with E-state index in [2.05, 4.69) is 10.6 Å². The monoisotopic (exact) mass is 476 g/mol. The fourth-order valence-corrected chi connectivity index (χ4v) is 5.80. The molecule has 2 bridgehead atoms. The van der Waals surface area contributed by atoms with E-state index < -0.39 is 0 Å². The number of nitrogens with one attached hydrogen (secondary N) is 2. The van der Waals surface area contributed by atoms with E-state index in [0.29, 0.717) is 36.6 Å². The summed E-state index contributed by atoms with van der Waals surface area (Å²) < 4.78 is 1.80. The van der Waals surface area contributed by atoms with Crippen molar-refractivity contribution in [1.82, 2.24) is 9.47 Å². The van der Waals surface area contributed by atoms with Crippen LogP contribution in [0.3, 0.4) is 0 Å². The normalized spacial score (nSPS) is 21.7. The lowest BCUT2D eigenvalue weighted by atomic mass is 9.83. The van der Waals surface area contributed by atoms with Crippen molar-refractivity contribution in [3.8, 4) is 0 Å². The van der Waals surface area contributed by atoms with Crippen LogP contribution in [0.2, 0.25) is 0 Å². The van der Waals surface area contributed by atoms with Gasteiger partial charge in [0, 0.05) is 48.4 Å². The number of urea groups is 1. The number of carbonyl (C=O) groups excluding carboxylic acids is 3. The summed E-state index contributed by atoms with van der Waals surface area (Å²) in [5.74, 6) is 0.183. The number of aromatic nitrogens is 1. The lowest BCUT2D eigenvalue weighted by molar-refractivity contribution is -0.120. The van der Waals surface area contributed by atoms with E-state index in [-0.39, 0.29) is 41.0 Å². The van der Waals surface area contributed by atoms with Crippen molar-refractivity contribution < 1.29 is 14.4 Å². The number of rotatable bonds is 4. The minimum Gasteiger partial charge on any atom is -0.324 e. The number of Topliss-reactive ketones (excluding diaryl/α,β-unsaturated/α-hetero) is 1. The van der Waals surface area contributed by atoms with Gasteiger partial charge in [-0.15, -0.1) is 0 Å². The number of hydrogen-bond acceptors (Lipinski definition) is 4. The number of ketones is 1. The summed E-state index contributed by atoms with van der Waals surface area (Å²) in [4.78, 5) is 52.1. The van der Waals surface area contributed by atoms with Gasteiger partial charge in [0.1, 0.15) is 5.69 Å². The van der Waals surface area contributed by atoms with Crippen molar-refractivity contribution in [1.29, 1.82) is 0 Å². The number of carbonyl (C=O) groups is 3. The van der Waals surface area contributed by atoms with Gasteiger partial charge in [-0.1, -0.05) is 19.3 Å². The Morgan fingerprint density at radius 1 is 0.886 bits per heavy atom. The molecule has 1 aromatic carbocycles. The summed E-state index contributed by atoms with van der Waals surface area (Å²) in [6.07, 6.45) is 6.03. The van der Waals surface area contributed by atoms with Gasteiger partial charge in [-0.3, -0.25) is 14.4 Å². The summed E-state index contributed by atoms with van der Waals surface area (Å²) in [6.45, 7) is 3.14. The Morgan fingerprint density at radius 3 is 2.34 bits per heavy atom. The van der Waals surface area contributed by atoms with Gasteiger partial charge in [0.15, 0.2) is 5.78 Å². The van der Waals surface area contributed by atoms with Gasteiger partial charge >= 0.3 is 6.03 Å². The van der Waals surface area contributed by atoms with Crippen molar-refractivity contribution in [3.05, 3.63) is 58.0 Å². The molecule has 184 valence electrons. The fraction of sp³-hybridized carbons (Fsp3) is 0.481. The molecule has 5 rings (SSSR count). The number of benzene rings is 1. The van der Waals surface area contributed by atoms with E-state index in [4.69, 9.17) is 0 Å². The first-order chi connectivity index (χ1) is 16.9. The molecule has 2 aromatic rings. The Hall–Kier alpha value is -3.42. The van der Waals surface area contributed by atoms with Crippen molar-refractivity contribution >= 4 is 29.1 Å². The van der Waals surface area contributed by atoms with Gasteiger partial charge in [0.2, 0.25) is 5.91 Å². The molecule has 0 spiro atoms. The molecule has 1 aliphatic carbocycles. The Balaban J connectivity index is 1.27. The number of pyridine rings is 1. The molecular formula is C27H32N4O4. The smallest absolute Gasteiger partial charge is 0.321 e. The first-order valence-corrected chi connectivity index (χ1v) is 12.6. The molecule has 1 aromatic heterocycles.